The molecule has 1 fully saturated rings. The van der Waals surface area contributed by atoms with Crippen LogP contribution in [0.25, 0.3) is 11.3 Å². The van der Waals surface area contributed by atoms with E-state index in [1.54, 1.807) is 40.3 Å². The van der Waals surface area contributed by atoms with Crippen LogP contribution in [-0.4, -0.2) is 59.9 Å². The van der Waals surface area contributed by atoms with Crippen LogP contribution in [0.3, 0.4) is 0 Å². The number of benzene rings is 1. The van der Waals surface area contributed by atoms with Crippen LogP contribution in [0, 0.1) is 0 Å². The van der Waals surface area contributed by atoms with Gasteiger partial charge in [0.2, 0.25) is 5.91 Å². The predicted octanol–water partition coefficient (Wildman–Crippen LogP) is 2.14. The second-order valence-electron chi connectivity index (χ2n) is 6.92. The Kier molecular flexibility index (Phi) is 4.77. The Morgan fingerprint density at radius 1 is 1.29 bits per heavy atom. The summed E-state index contributed by atoms with van der Waals surface area (Å²) in [6, 6.07) is 7.94. The van der Waals surface area contributed by atoms with Gasteiger partial charge in [0, 0.05) is 25.2 Å². The number of nitrogens with zero attached hydrogens (tertiary/aromatic N) is 2. The molecule has 1 aromatic heterocycles. The lowest BCUT2D eigenvalue weighted by Crippen LogP contribution is -2.60. The first-order valence-corrected chi connectivity index (χ1v) is 9.41. The van der Waals surface area contributed by atoms with E-state index in [1.165, 1.54) is 0 Å². The summed E-state index contributed by atoms with van der Waals surface area (Å²) < 4.78 is 5.41. The van der Waals surface area contributed by atoms with E-state index in [9.17, 15) is 14.4 Å². The topological polar surface area (TPSA) is 94.9 Å². The Morgan fingerprint density at radius 3 is 2.89 bits per heavy atom. The van der Waals surface area contributed by atoms with E-state index in [0.29, 0.717) is 36.6 Å². The number of amides is 4. The van der Waals surface area contributed by atoms with Gasteiger partial charge in [0.25, 0.3) is 5.91 Å². The summed E-state index contributed by atoms with van der Waals surface area (Å²) in [5.74, 6) is 0.145. The van der Waals surface area contributed by atoms with E-state index in [2.05, 4.69) is 10.6 Å². The lowest BCUT2D eigenvalue weighted by atomic mass is 10.1. The lowest BCUT2D eigenvalue weighted by molar-refractivity contribution is -0.121. The molecule has 2 aliphatic rings. The third-order valence-corrected chi connectivity index (χ3v) is 5.07. The van der Waals surface area contributed by atoms with Crippen LogP contribution in [0.15, 0.2) is 41.0 Å². The zero-order chi connectivity index (χ0) is 19.7. The van der Waals surface area contributed by atoms with Gasteiger partial charge in [-0.1, -0.05) is 6.92 Å². The number of hydrogen-bond donors (Lipinski definition) is 2. The van der Waals surface area contributed by atoms with Crippen LogP contribution in [0.5, 0.6) is 0 Å². The fraction of sp³-hybridized carbons (Fsp3) is 0.350. The fourth-order valence-electron chi connectivity index (χ4n) is 3.58. The summed E-state index contributed by atoms with van der Waals surface area (Å²) in [6.07, 6.45) is 2.41. The molecular weight excluding hydrogens is 360 g/mol. The zero-order valence-corrected chi connectivity index (χ0v) is 15.6. The number of anilines is 1. The summed E-state index contributed by atoms with van der Waals surface area (Å²) in [5.41, 5.74) is 1.66. The van der Waals surface area contributed by atoms with Crippen molar-refractivity contribution in [1.82, 2.24) is 15.1 Å². The number of urea groups is 1. The summed E-state index contributed by atoms with van der Waals surface area (Å²) >= 11 is 0. The van der Waals surface area contributed by atoms with Gasteiger partial charge >= 0.3 is 6.03 Å². The quantitative estimate of drug-likeness (QED) is 0.850. The van der Waals surface area contributed by atoms with Gasteiger partial charge in [0.1, 0.15) is 11.8 Å². The van der Waals surface area contributed by atoms with Crippen LogP contribution < -0.4 is 10.6 Å². The molecule has 0 saturated carbocycles. The van der Waals surface area contributed by atoms with Crippen molar-refractivity contribution >= 4 is 23.5 Å². The van der Waals surface area contributed by atoms with Crippen molar-refractivity contribution in [3.05, 3.63) is 42.2 Å². The first kappa shape index (κ1) is 18.1. The molecule has 2 aromatic rings. The van der Waals surface area contributed by atoms with Crippen molar-refractivity contribution in [3.63, 3.8) is 0 Å². The summed E-state index contributed by atoms with van der Waals surface area (Å²) in [7, 11) is 0. The largest absolute Gasteiger partial charge is 0.464 e. The van der Waals surface area contributed by atoms with E-state index < -0.39 is 6.04 Å². The molecule has 0 spiro atoms. The Hall–Kier alpha value is -3.29. The number of rotatable bonds is 3. The molecule has 2 N–H and O–H groups in total. The molecule has 4 rings (SSSR count). The van der Waals surface area contributed by atoms with E-state index in [4.69, 9.17) is 4.42 Å². The maximum Gasteiger partial charge on any atom is 0.317 e. The molecule has 1 unspecified atom stereocenters. The second-order valence-corrected chi connectivity index (χ2v) is 6.92. The van der Waals surface area contributed by atoms with E-state index in [1.807, 2.05) is 13.0 Å². The van der Waals surface area contributed by atoms with Crippen molar-refractivity contribution in [2.45, 2.75) is 19.4 Å². The first-order valence-electron chi connectivity index (χ1n) is 9.41. The van der Waals surface area contributed by atoms with Crippen molar-refractivity contribution < 1.29 is 18.8 Å². The molecule has 0 radical (unpaired) electrons. The molecule has 4 amide bonds. The maximum atomic E-state index is 13.2. The van der Waals surface area contributed by atoms with Gasteiger partial charge in [-0.3, -0.25) is 9.59 Å². The van der Waals surface area contributed by atoms with E-state index in [-0.39, 0.29) is 24.4 Å². The predicted molar refractivity (Wildman–Crippen MR) is 103 cm³/mol. The highest BCUT2D eigenvalue weighted by molar-refractivity contribution is 6.10. The molecule has 1 atom stereocenters. The fourth-order valence-corrected chi connectivity index (χ4v) is 3.58. The SMILES string of the molecule is CCCNC(=O)N1CCN2C(=O)c3cc(-c4ccco4)ccc3NC(=O)C2C1. The summed E-state index contributed by atoms with van der Waals surface area (Å²) in [6.45, 7) is 3.42. The minimum atomic E-state index is -0.715. The van der Waals surface area contributed by atoms with Crippen LogP contribution >= 0.6 is 0 Å². The van der Waals surface area contributed by atoms with Crippen LogP contribution in [-0.2, 0) is 4.79 Å². The van der Waals surface area contributed by atoms with E-state index in [0.717, 1.165) is 12.0 Å². The van der Waals surface area contributed by atoms with Crippen LogP contribution in [0.2, 0.25) is 0 Å². The van der Waals surface area contributed by atoms with Gasteiger partial charge in [0.15, 0.2) is 0 Å². The molecular formula is C20H22N4O4. The highest BCUT2D eigenvalue weighted by Gasteiger charge is 2.40. The summed E-state index contributed by atoms with van der Waals surface area (Å²) in [5, 5.41) is 5.66. The Labute approximate surface area is 162 Å². The molecule has 0 aliphatic carbocycles. The van der Waals surface area contributed by atoms with Gasteiger partial charge in [-0.15, -0.1) is 0 Å². The molecule has 8 nitrogen and oxygen atoms in total. The van der Waals surface area contributed by atoms with Gasteiger partial charge in [-0.05, 0) is 36.8 Å². The van der Waals surface area contributed by atoms with Gasteiger partial charge < -0.3 is 24.9 Å². The number of furan rings is 1. The molecule has 8 heteroatoms. The van der Waals surface area contributed by atoms with Gasteiger partial charge in [-0.25, -0.2) is 4.79 Å². The molecule has 28 heavy (non-hydrogen) atoms. The molecule has 3 heterocycles. The Morgan fingerprint density at radius 2 is 2.14 bits per heavy atom. The van der Waals surface area contributed by atoms with Gasteiger partial charge in [-0.2, -0.15) is 0 Å². The standard InChI is InChI=1S/C20H22N4O4/c1-2-7-21-20(27)23-8-9-24-16(12-23)18(25)22-15-6-5-13(11-14(15)19(24)26)17-4-3-10-28-17/h3-6,10-11,16H,2,7-9,12H2,1H3,(H,21,27)(H,22,25). The molecule has 146 valence electrons. The normalized spacial score (nSPS) is 18.8. The van der Waals surface area contributed by atoms with Crippen molar-refractivity contribution in [3.8, 4) is 11.3 Å². The second kappa shape index (κ2) is 7.38. The minimum Gasteiger partial charge on any atom is -0.464 e. The zero-order valence-electron chi connectivity index (χ0n) is 15.6. The monoisotopic (exact) mass is 382 g/mol. The number of carbonyl (C=O) groups excluding carboxylic acids is 3. The first-order chi connectivity index (χ1) is 13.6. The highest BCUT2D eigenvalue weighted by Crippen LogP contribution is 2.30. The van der Waals surface area contributed by atoms with Crippen molar-refractivity contribution in [1.29, 1.82) is 0 Å². The number of hydrogen-bond acceptors (Lipinski definition) is 4. The highest BCUT2D eigenvalue weighted by atomic mass is 16.3. The van der Waals surface area contributed by atoms with Crippen LogP contribution in [0.1, 0.15) is 23.7 Å². The van der Waals surface area contributed by atoms with Crippen molar-refractivity contribution in [2.75, 3.05) is 31.5 Å². The molecule has 1 aromatic carbocycles. The van der Waals surface area contributed by atoms with Gasteiger partial charge in [0.05, 0.1) is 24.1 Å². The Bertz CT molecular complexity index is 909. The molecule has 1 saturated heterocycles. The minimum absolute atomic E-state index is 0.173. The van der Waals surface area contributed by atoms with Crippen LogP contribution in [0.4, 0.5) is 10.5 Å². The average molecular weight is 382 g/mol. The average Bonchev–Trinajstić information content (AvgIpc) is 3.23. The Balaban J connectivity index is 1.60. The third kappa shape index (κ3) is 3.21. The molecule has 2 aliphatic heterocycles. The number of fused-ring (bicyclic) bond motifs is 2. The molecule has 0 bridgehead atoms. The lowest BCUT2D eigenvalue weighted by Gasteiger charge is -2.39. The number of piperazine rings is 1. The van der Waals surface area contributed by atoms with Crippen molar-refractivity contribution in [2.24, 2.45) is 0 Å². The smallest absolute Gasteiger partial charge is 0.317 e. The number of carbonyl (C=O) groups is 3. The number of nitrogens with one attached hydrogen (secondary N) is 2. The van der Waals surface area contributed by atoms with E-state index >= 15 is 0 Å². The summed E-state index contributed by atoms with van der Waals surface area (Å²) in [4.78, 5) is 41.4. The maximum absolute atomic E-state index is 13.2. The third-order valence-electron chi connectivity index (χ3n) is 5.07.